The molecule has 2 saturated heterocycles. The standard InChI is InChI=1S/C15H20N4/c16-10-12-4-1-6-14(15(12)17)19-9-3-8-18-7-2-5-13(18)11-19/h1,4,6,13H,2-3,5,7-9,11,17H2. The van der Waals surface area contributed by atoms with Crippen molar-refractivity contribution in [2.75, 3.05) is 36.8 Å². The Morgan fingerprint density at radius 2 is 2.05 bits per heavy atom. The van der Waals surface area contributed by atoms with E-state index < -0.39 is 0 Å². The predicted octanol–water partition coefficient (Wildman–Crippen LogP) is 1.81. The van der Waals surface area contributed by atoms with Gasteiger partial charge in [0.05, 0.1) is 16.9 Å². The quantitative estimate of drug-likeness (QED) is 0.779. The lowest BCUT2D eigenvalue weighted by Gasteiger charge is -2.28. The van der Waals surface area contributed by atoms with E-state index in [4.69, 9.17) is 11.0 Å². The second kappa shape index (κ2) is 5.10. The molecule has 2 aliphatic rings. The van der Waals surface area contributed by atoms with E-state index in [1.807, 2.05) is 12.1 Å². The maximum Gasteiger partial charge on any atom is 0.101 e. The highest BCUT2D eigenvalue weighted by Crippen LogP contribution is 2.30. The van der Waals surface area contributed by atoms with Gasteiger partial charge in [-0.05, 0) is 37.9 Å². The Kier molecular flexibility index (Phi) is 3.31. The summed E-state index contributed by atoms with van der Waals surface area (Å²) in [5.41, 5.74) is 8.39. The minimum Gasteiger partial charge on any atom is -0.396 e. The molecule has 0 spiro atoms. The number of hydrogen-bond donors (Lipinski definition) is 1. The Bertz CT molecular complexity index is 505. The molecule has 1 aromatic rings. The Balaban J connectivity index is 1.87. The first-order valence-corrected chi connectivity index (χ1v) is 7.07. The van der Waals surface area contributed by atoms with Gasteiger partial charge in [0.25, 0.3) is 0 Å². The summed E-state index contributed by atoms with van der Waals surface area (Å²) in [6, 6.07) is 8.60. The number of nitrogens with zero attached hydrogens (tertiary/aromatic N) is 3. The van der Waals surface area contributed by atoms with E-state index in [9.17, 15) is 0 Å². The number of para-hydroxylation sites is 1. The molecule has 2 heterocycles. The first-order valence-electron chi connectivity index (χ1n) is 7.07. The second-order valence-corrected chi connectivity index (χ2v) is 5.48. The van der Waals surface area contributed by atoms with Gasteiger partial charge in [0.2, 0.25) is 0 Å². The van der Waals surface area contributed by atoms with Crippen LogP contribution in [0.2, 0.25) is 0 Å². The van der Waals surface area contributed by atoms with E-state index in [0.29, 0.717) is 17.3 Å². The van der Waals surface area contributed by atoms with Crippen LogP contribution in [-0.4, -0.2) is 37.1 Å². The molecule has 2 fully saturated rings. The number of hydrogen-bond acceptors (Lipinski definition) is 4. The molecule has 19 heavy (non-hydrogen) atoms. The van der Waals surface area contributed by atoms with Crippen LogP contribution < -0.4 is 10.6 Å². The van der Waals surface area contributed by atoms with Gasteiger partial charge in [-0.1, -0.05) is 6.07 Å². The molecule has 4 heteroatoms. The lowest BCUT2D eigenvalue weighted by molar-refractivity contribution is 0.273. The van der Waals surface area contributed by atoms with E-state index in [1.165, 1.54) is 32.4 Å². The van der Waals surface area contributed by atoms with Crippen molar-refractivity contribution in [1.29, 1.82) is 5.26 Å². The van der Waals surface area contributed by atoms with Crippen LogP contribution in [0.1, 0.15) is 24.8 Å². The molecule has 3 rings (SSSR count). The molecule has 1 atom stereocenters. The van der Waals surface area contributed by atoms with E-state index >= 15 is 0 Å². The fourth-order valence-corrected chi connectivity index (χ4v) is 3.35. The molecule has 0 radical (unpaired) electrons. The zero-order valence-electron chi connectivity index (χ0n) is 11.2. The van der Waals surface area contributed by atoms with Crippen LogP contribution in [0.4, 0.5) is 11.4 Å². The average Bonchev–Trinajstić information content (AvgIpc) is 2.77. The van der Waals surface area contributed by atoms with Gasteiger partial charge in [-0.15, -0.1) is 0 Å². The molecule has 0 aliphatic carbocycles. The van der Waals surface area contributed by atoms with Gasteiger partial charge >= 0.3 is 0 Å². The highest BCUT2D eigenvalue weighted by Gasteiger charge is 2.29. The summed E-state index contributed by atoms with van der Waals surface area (Å²) in [5.74, 6) is 0. The number of benzene rings is 1. The third-order valence-corrected chi connectivity index (χ3v) is 4.35. The Morgan fingerprint density at radius 1 is 1.21 bits per heavy atom. The van der Waals surface area contributed by atoms with Crippen LogP contribution in [0.25, 0.3) is 0 Å². The average molecular weight is 256 g/mol. The number of nitrogen functional groups attached to an aromatic ring is 1. The fraction of sp³-hybridized carbons (Fsp3) is 0.533. The molecule has 2 N–H and O–H groups in total. The maximum absolute atomic E-state index is 9.09. The summed E-state index contributed by atoms with van der Waals surface area (Å²) in [7, 11) is 0. The van der Waals surface area contributed by atoms with Gasteiger partial charge in [-0.25, -0.2) is 0 Å². The van der Waals surface area contributed by atoms with Crippen LogP contribution >= 0.6 is 0 Å². The normalized spacial score (nSPS) is 23.7. The van der Waals surface area contributed by atoms with Crippen LogP contribution in [-0.2, 0) is 0 Å². The molecular weight excluding hydrogens is 236 g/mol. The third-order valence-electron chi connectivity index (χ3n) is 4.35. The minimum absolute atomic E-state index is 0.588. The third kappa shape index (κ3) is 2.26. The Hall–Kier alpha value is -1.73. The smallest absolute Gasteiger partial charge is 0.101 e. The van der Waals surface area contributed by atoms with Gasteiger partial charge in [-0.2, -0.15) is 5.26 Å². The van der Waals surface area contributed by atoms with Crippen molar-refractivity contribution in [1.82, 2.24) is 4.90 Å². The molecule has 4 nitrogen and oxygen atoms in total. The van der Waals surface area contributed by atoms with Gasteiger partial charge in [0.15, 0.2) is 0 Å². The topological polar surface area (TPSA) is 56.3 Å². The Labute approximate surface area is 114 Å². The highest BCUT2D eigenvalue weighted by atomic mass is 15.3. The number of anilines is 2. The van der Waals surface area contributed by atoms with Crippen LogP contribution in [0.15, 0.2) is 18.2 Å². The molecule has 1 unspecified atom stereocenters. The van der Waals surface area contributed by atoms with E-state index in [0.717, 1.165) is 18.8 Å². The molecule has 0 aromatic heterocycles. The lowest BCUT2D eigenvalue weighted by Crippen LogP contribution is -2.36. The van der Waals surface area contributed by atoms with Crippen molar-refractivity contribution in [2.45, 2.75) is 25.3 Å². The molecule has 0 saturated carbocycles. The van der Waals surface area contributed by atoms with Crippen molar-refractivity contribution >= 4 is 11.4 Å². The summed E-state index contributed by atoms with van der Waals surface area (Å²) >= 11 is 0. The van der Waals surface area contributed by atoms with Crippen molar-refractivity contribution in [3.8, 4) is 6.07 Å². The fourth-order valence-electron chi connectivity index (χ4n) is 3.35. The molecule has 100 valence electrons. The van der Waals surface area contributed by atoms with Crippen molar-refractivity contribution in [3.63, 3.8) is 0 Å². The first-order chi connectivity index (χ1) is 9.29. The number of rotatable bonds is 1. The molecule has 1 aromatic carbocycles. The largest absolute Gasteiger partial charge is 0.396 e. The van der Waals surface area contributed by atoms with Crippen LogP contribution in [0.5, 0.6) is 0 Å². The molecule has 2 aliphatic heterocycles. The van der Waals surface area contributed by atoms with E-state index in [1.54, 1.807) is 6.07 Å². The second-order valence-electron chi connectivity index (χ2n) is 5.48. The van der Waals surface area contributed by atoms with Crippen molar-refractivity contribution in [3.05, 3.63) is 23.8 Å². The zero-order chi connectivity index (χ0) is 13.2. The molecule has 0 amide bonds. The van der Waals surface area contributed by atoms with Crippen LogP contribution in [0.3, 0.4) is 0 Å². The van der Waals surface area contributed by atoms with Gasteiger partial charge in [-0.3, -0.25) is 4.90 Å². The van der Waals surface area contributed by atoms with Gasteiger partial charge < -0.3 is 10.6 Å². The summed E-state index contributed by atoms with van der Waals surface area (Å²) in [6.45, 7) is 4.51. The summed E-state index contributed by atoms with van der Waals surface area (Å²) in [4.78, 5) is 4.97. The Morgan fingerprint density at radius 3 is 2.89 bits per heavy atom. The lowest BCUT2D eigenvalue weighted by atomic mass is 10.1. The minimum atomic E-state index is 0.588. The first kappa shape index (κ1) is 12.3. The maximum atomic E-state index is 9.09. The highest BCUT2D eigenvalue weighted by molar-refractivity contribution is 5.74. The summed E-state index contributed by atoms with van der Waals surface area (Å²) in [6.07, 6.45) is 3.77. The molecular formula is C15H20N4. The van der Waals surface area contributed by atoms with Gasteiger partial charge in [0, 0.05) is 25.7 Å². The number of nitrogens with two attached hydrogens (primary N) is 1. The predicted molar refractivity (Wildman–Crippen MR) is 77.0 cm³/mol. The summed E-state index contributed by atoms with van der Waals surface area (Å²) < 4.78 is 0. The number of fused-ring (bicyclic) bond motifs is 1. The van der Waals surface area contributed by atoms with Crippen molar-refractivity contribution < 1.29 is 0 Å². The summed E-state index contributed by atoms with van der Waals surface area (Å²) in [5, 5.41) is 9.09. The zero-order valence-corrected chi connectivity index (χ0v) is 11.2. The number of nitriles is 1. The van der Waals surface area contributed by atoms with Crippen molar-refractivity contribution in [2.24, 2.45) is 0 Å². The monoisotopic (exact) mass is 256 g/mol. The van der Waals surface area contributed by atoms with Crippen LogP contribution in [0, 0.1) is 11.3 Å². The van der Waals surface area contributed by atoms with Gasteiger partial charge in [0.1, 0.15) is 6.07 Å². The van der Waals surface area contributed by atoms with E-state index in [-0.39, 0.29) is 0 Å². The molecule has 0 bridgehead atoms. The SMILES string of the molecule is N#Cc1cccc(N2CCCN3CCCC3C2)c1N. The van der Waals surface area contributed by atoms with E-state index in [2.05, 4.69) is 15.9 Å².